The molecule has 1 saturated heterocycles. The van der Waals surface area contributed by atoms with Gasteiger partial charge in [-0.2, -0.15) is 0 Å². The fourth-order valence-corrected chi connectivity index (χ4v) is 2.28. The van der Waals surface area contributed by atoms with Crippen molar-refractivity contribution < 1.29 is 9.21 Å². The molecular weight excluding hydrogens is 228 g/mol. The van der Waals surface area contributed by atoms with Gasteiger partial charge >= 0.3 is 0 Å². The Bertz CT molecular complexity index is 409. The molecule has 0 saturated carbocycles. The Morgan fingerprint density at radius 2 is 2.50 bits per heavy atom. The van der Waals surface area contributed by atoms with Gasteiger partial charge in [-0.1, -0.05) is 0 Å². The molecule has 2 rings (SSSR count). The zero-order chi connectivity index (χ0) is 13.0. The molecule has 4 nitrogen and oxygen atoms in total. The smallest absolute Gasteiger partial charge is 0.246 e. The summed E-state index contributed by atoms with van der Waals surface area (Å²) in [4.78, 5) is 13.9. The zero-order valence-corrected chi connectivity index (χ0v) is 10.7. The average molecular weight is 248 g/mol. The van der Waals surface area contributed by atoms with Crippen LogP contribution >= 0.6 is 0 Å². The van der Waals surface area contributed by atoms with Gasteiger partial charge in [0, 0.05) is 25.2 Å². The lowest BCUT2D eigenvalue weighted by Crippen LogP contribution is -2.44. The average Bonchev–Trinajstić information content (AvgIpc) is 2.89. The van der Waals surface area contributed by atoms with Crippen LogP contribution in [-0.4, -0.2) is 29.9 Å². The first-order valence-electron chi connectivity index (χ1n) is 6.43. The second kappa shape index (κ2) is 5.87. The Kier molecular flexibility index (Phi) is 4.20. The van der Waals surface area contributed by atoms with Crippen LogP contribution in [-0.2, 0) is 4.79 Å². The summed E-state index contributed by atoms with van der Waals surface area (Å²) in [6, 6.07) is 3.77. The van der Waals surface area contributed by atoms with Crippen molar-refractivity contribution >= 4 is 12.0 Å². The quantitative estimate of drug-likeness (QED) is 0.831. The maximum absolute atomic E-state index is 12.0. The van der Waals surface area contributed by atoms with Crippen LogP contribution in [0.3, 0.4) is 0 Å². The lowest BCUT2D eigenvalue weighted by Gasteiger charge is -2.34. The van der Waals surface area contributed by atoms with Crippen molar-refractivity contribution in [3.8, 4) is 0 Å². The summed E-state index contributed by atoms with van der Waals surface area (Å²) in [5.41, 5.74) is 5.91. The van der Waals surface area contributed by atoms with E-state index >= 15 is 0 Å². The van der Waals surface area contributed by atoms with E-state index in [4.69, 9.17) is 10.2 Å². The number of hydrogen-bond donors (Lipinski definition) is 1. The second-order valence-electron chi connectivity index (χ2n) is 4.89. The van der Waals surface area contributed by atoms with E-state index in [1.54, 1.807) is 24.5 Å². The molecule has 0 radical (unpaired) electrons. The highest BCUT2D eigenvalue weighted by molar-refractivity contribution is 5.91. The maximum Gasteiger partial charge on any atom is 0.246 e. The number of furan rings is 1. The van der Waals surface area contributed by atoms with E-state index in [0.29, 0.717) is 11.7 Å². The van der Waals surface area contributed by atoms with Gasteiger partial charge in [0.15, 0.2) is 0 Å². The van der Waals surface area contributed by atoms with Crippen LogP contribution in [0.5, 0.6) is 0 Å². The summed E-state index contributed by atoms with van der Waals surface area (Å²) < 4.78 is 5.15. The summed E-state index contributed by atoms with van der Waals surface area (Å²) in [7, 11) is 0. The summed E-state index contributed by atoms with van der Waals surface area (Å²) in [5, 5.41) is 0. The van der Waals surface area contributed by atoms with Crippen LogP contribution in [0.4, 0.5) is 0 Å². The minimum atomic E-state index is 0.0387. The summed E-state index contributed by atoms with van der Waals surface area (Å²) in [5.74, 6) is 1.15. The number of nitrogens with zero attached hydrogens (tertiary/aromatic N) is 1. The second-order valence-corrected chi connectivity index (χ2v) is 4.89. The van der Waals surface area contributed by atoms with Gasteiger partial charge in [-0.25, -0.2) is 0 Å². The Hall–Kier alpha value is -1.55. The first kappa shape index (κ1) is 12.9. The van der Waals surface area contributed by atoms with Crippen molar-refractivity contribution in [3.63, 3.8) is 0 Å². The summed E-state index contributed by atoms with van der Waals surface area (Å²) in [6.07, 6.45) is 7.02. The van der Waals surface area contributed by atoms with Crippen molar-refractivity contribution in [1.82, 2.24) is 4.90 Å². The van der Waals surface area contributed by atoms with Gasteiger partial charge in [-0.3, -0.25) is 4.79 Å². The minimum Gasteiger partial charge on any atom is -0.465 e. The molecule has 2 atom stereocenters. The molecule has 1 aromatic heterocycles. The van der Waals surface area contributed by atoms with Crippen molar-refractivity contribution in [3.05, 3.63) is 30.2 Å². The zero-order valence-electron chi connectivity index (χ0n) is 10.7. The molecule has 0 bridgehead atoms. The number of rotatable bonds is 3. The van der Waals surface area contributed by atoms with Crippen LogP contribution in [0.15, 0.2) is 28.9 Å². The van der Waals surface area contributed by atoms with Gasteiger partial charge < -0.3 is 15.1 Å². The first-order chi connectivity index (χ1) is 8.66. The molecular formula is C14H20N2O2. The van der Waals surface area contributed by atoms with Crippen LogP contribution in [0, 0.1) is 5.92 Å². The highest BCUT2D eigenvalue weighted by Gasteiger charge is 2.24. The van der Waals surface area contributed by atoms with Crippen molar-refractivity contribution in [2.75, 3.05) is 13.1 Å². The van der Waals surface area contributed by atoms with Crippen LogP contribution in [0.2, 0.25) is 0 Å². The number of piperidine rings is 1. The van der Waals surface area contributed by atoms with E-state index in [9.17, 15) is 4.79 Å². The molecule has 4 heteroatoms. The monoisotopic (exact) mass is 248 g/mol. The van der Waals surface area contributed by atoms with Gasteiger partial charge in [0.25, 0.3) is 0 Å². The van der Waals surface area contributed by atoms with Crippen molar-refractivity contribution in [2.45, 2.75) is 25.8 Å². The number of carbonyl (C=O) groups is 1. The van der Waals surface area contributed by atoms with Gasteiger partial charge in [-0.15, -0.1) is 0 Å². The Morgan fingerprint density at radius 3 is 3.17 bits per heavy atom. The molecule has 2 heterocycles. The number of carbonyl (C=O) groups excluding carboxylic acids is 1. The van der Waals surface area contributed by atoms with E-state index < -0.39 is 0 Å². The number of likely N-dealkylation sites (tertiary alicyclic amines) is 1. The third-order valence-corrected chi connectivity index (χ3v) is 3.45. The first-order valence-corrected chi connectivity index (χ1v) is 6.43. The van der Waals surface area contributed by atoms with Crippen molar-refractivity contribution in [1.29, 1.82) is 0 Å². The highest BCUT2D eigenvalue weighted by atomic mass is 16.3. The molecule has 1 fully saturated rings. The molecule has 1 amide bonds. The topological polar surface area (TPSA) is 59.5 Å². The van der Waals surface area contributed by atoms with E-state index in [0.717, 1.165) is 25.9 Å². The molecule has 2 unspecified atom stereocenters. The lowest BCUT2D eigenvalue weighted by molar-refractivity contribution is -0.127. The molecule has 1 aliphatic heterocycles. The van der Waals surface area contributed by atoms with Crippen molar-refractivity contribution in [2.24, 2.45) is 11.7 Å². The molecule has 0 aliphatic carbocycles. The Balaban J connectivity index is 1.92. The van der Waals surface area contributed by atoms with Crippen LogP contribution in [0.1, 0.15) is 25.5 Å². The standard InChI is InChI=1S/C14H20N2O2/c1-11(15)12-4-2-8-16(10-12)14(17)7-6-13-5-3-9-18-13/h3,5-7,9,11-12H,2,4,8,10,15H2,1H3. The summed E-state index contributed by atoms with van der Waals surface area (Å²) in [6.45, 7) is 3.60. The molecule has 1 aromatic rings. The van der Waals surface area contributed by atoms with Gasteiger partial charge in [0.1, 0.15) is 5.76 Å². The highest BCUT2D eigenvalue weighted by Crippen LogP contribution is 2.19. The van der Waals surface area contributed by atoms with Gasteiger partial charge in [0.05, 0.1) is 6.26 Å². The number of hydrogen-bond acceptors (Lipinski definition) is 3. The van der Waals surface area contributed by atoms with Gasteiger partial charge in [-0.05, 0) is 43.9 Å². The third kappa shape index (κ3) is 3.23. The summed E-state index contributed by atoms with van der Waals surface area (Å²) >= 11 is 0. The number of nitrogens with two attached hydrogens (primary N) is 1. The van der Waals surface area contributed by atoms with E-state index in [-0.39, 0.29) is 11.9 Å². The fraction of sp³-hybridized carbons (Fsp3) is 0.500. The predicted octanol–water partition coefficient (Wildman–Crippen LogP) is 1.88. The van der Waals surface area contributed by atoms with Crippen LogP contribution in [0.25, 0.3) is 6.08 Å². The molecule has 1 aliphatic rings. The number of amides is 1. The predicted molar refractivity (Wildman–Crippen MR) is 70.7 cm³/mol. The van der Waals surface area contributed by atoms with Crippen LogP contribution < -0.4 is 5.73 Å². The molecule has 0 spiro atoms. The Labute approximate surface area is 107 Å². The minimum absolute atomic E-state index is 0.0387. The van der Waals surface area contributed by atoms with E-state index in [1.165, 1.54) is 0 Å². The van der Waals surface area contributed by atoms with Gasteiger partial charge in [0.2, 0.25) is 5.91 Å². The van der Waals surface area contributed by atoms with E-state index in [1.807, 2.05) is 17.9 Å². The normalized spacial score (nSPS) is 22.3. The molecule has 2 N–H and O–H groups in total. The third-order valence-electron chi connectivity index (χ3n) is 3.45. The molecule has 0 aromatic carbocycles. The SMILES string of the molecule is CC(N)C1CCCN(C(=O)C=Cc2ccco2)C1. The molecule has 98 valence electrons. The molecule has 18 heavy (non-hydrogen) atoms. The van der Waals surface area contributed by atoms with E-state index in [2.05, 4.69) is 0 Å². The fourth-order valence-electron chi connectivity index (χ4n) is 2.28. The lowest BCUT2D eigenvalue weighted by atomic mass is 9.92. The maximum atomic E-state index is 12.0. The largest absolute Gasteiger partial charge is 0.465 e. The Morgan fingerprint density at radius 1 is 1.67 bits per heavy atom.